The Labute approximate surface area is 308 Å². The van der Waals surface area contributed by atoms with Crippen LogP contribution >= 0.6 is 34.5 Å². The van der Waals surface area contributed by atoms with Gasteiger partial charge < -0.3 is 18.9 Å². The van der Waals surface area contributed by atoms with Gasteiger partial charge in [0.15, 0.2) is 11.5 Å². The number of hydrogen-bond acceptors (Lipinski definition) is 10. The highest BCUT2D eigenvalue weighted by Crippen LogP contribution is 2.37. The van der Waals surface area contributed by atoms with Gasteiger partial charge in [-0.15, -0.1) is 11.3 Å². The summed E-state index contributed by atoms with van der Waals surface area (Å²) >= 11 is 14.0. The molecule has 270 valence electrons. The third-order valence-electron chi connectivity index (χ3n) is 8.68. The Kier molecular flexibility index (Phi) is 11.9. The second-order valence-corrected chi connectivity index (χ2v) is 14.5. The second-order valence-electron chi connectivity index (χ2n) is 12.5. The molecule has 1 aromatic carbocycles. The number of esters is 1. The standard InChI is InChI=1S/C36H36Cl2F2N4O6S/c1-21(2)47-30-15-23(6-8-28(30)49-35(39)40)29(16-25-26(37)17-41-18-27(25)38)48-34(45)32-9-7-24(51-32)19-44(33-5-3-4-12-42-33)36(46)50-31-20-43-13-10-22(31)11-14-43/h3-9,12,15,17-18,21-22,29,31,35H,10-11,13-14,16,19-20H2,1-2H3/t29-,31-/m0/s1. The molecular weight excluding hydrogens is 725 g/mol. The number of ether oxygens (including phenoxy) is 4. The van der Waals surface area contributed by atoms with Crippen LogP contribution in [0.4, 0.5) is 19.4 Å². The van der Waals surface area contributed by atoms with E-state index in [0.717, 1.165) is 37.3 Å². The third-order valence-corrected chi connectivity index (χ3v) is 10.4. The van der Waals surface area contributed by atoms with Gasteiger partial charge in [-0.1, -0.05) is 35.3 Å². The maximum absolute atomic E-state index is 13.7. The molecule has 4 aromatic rings. The van der Waals surface area contributed by atoms with Crippen LogP contribution in [-0.4, -0.2) is 65.4 Å². The van der Waals surface area contributed by atoms with Crippen LogP contribution in [-0.2, 0) is 22.4 Å². The largest absolute Gasteiger partial charge is 0.487 e. The molecule has 0 spiro atoms. The minimum absolute atomic E-state index is 0.0409. The Morgan fingerprint density at radius 2 is 1.78 bits per heavy atom. The van der Waals surface area contributed by atoms with Crippen LogP contribution < -0.4 is 14.4 Å². The number of thiophene rings is 1. The Morgan fingerprint density at radius 3 is 2.43 bits per heavy atom. The molecular formula is C36H36Cl2F2N4O6S. The minimum Gasteiger partial charge on any atom is -0.487 e. The van der Waals surface area contributed by atoms with E-state index in [9.17, 15) is 18.4 Å². The number of piperidine rings is 3. The van der Waals surface area contributed by atoms with Crippen LogP contribution in [0.3, 0.4) is 0 Å². The summed E-state index contributed by atoms with van der Waals surface area (Å²) in [6.07, 6.45) is 4.45. The van der Waals surface area contributed by atoms with Crippen molar-refractivity contribution in [2.24, 2.45) is 5.92 Å². The van der Waals surface area contributed by atoms with E-state index >= 15 is 0 Å². The summed E-state index contributed by atoms with van der Waals surface area (Å²) in [4.78, 5) is 40.5. The molecule has 3 saturated heterocycles. The van der Waals surface area contributed by atoms with Gasteiger partial charge in [0.05, 0.1) is 22.7 Å². The number of benzene rings is 1. The number of carbonyl (C=O) groups is 2. The van der Waals surface area contributed by atoms with Crippen molar-refractivity contribution in [1.82, 2.24) is 14.9 Å². The number of fused-ring (bicyclic) bond motifs is 3. The van der Waals surface area contributed by atoms with Gasteiger partial charge >= 0.3 is 18.7 Å². The number of aromatic nitrogens is 2. The fraction of sp³-hybridized carbons (Fsp3) is 0.389. The van der Waals surface area contributed by atoms with Gasteiger partial charge in [-0.25, -0.2) is 14.6 Å². The van der Waals surface area contributed by atoms with Crippen LogP contribution in [0.25, 0.3) is 0 Å². The zero-order valence-corrected chi connectivity index (χ0v) is 30.2. The summed E-state index contributed by atoms with van der Waals surface area (Å²) < 4.78 is 48.9. The molecule has 0 unspecified atom stereocenters. The molecule has 51 heavy (non-hydrogen) atoms. The zero-order chi connectivity index (χ0) is 36.1. The number of anilines is 1. The van der Waals surface area contributed by atoms with Gasteiger partial charge in [0.1, 0.15) is 22.9 Å². The first-order chi connectivity index (χ1) is 24.5. The van der Waals surface area contributed by atoms with Crippen molar-refractivity contribution in [1.29, 1.82) is 0 Å². The topological polar surface area (TPSA) is 103 Å². The van der Waals surface area contributed by atoms with Gasteiger partial charge in [-0.2, -0.15) is 8.78 Å². The smallest absolute Gasteiger partial charge is 0.416 e. The van der Waals surface area contributed by atoms with Gasteiger partial charge in [-0.3, -0.25) is 14.8 Å². The van der Waals surface area contributed by atoms with E-state index in [1.165, 1.54) is 35.5 Å². The average Bonchev–Trinajstić information content (AvgIpc) is 3.58. The number of alkyl halides is 2. The van der Waals surface area contributed by atoms with E-state index < -0.39 is 24.8 Å². The number of hydrogen-bond donors (Lipinski definition) is 0. The number of carbonyl (C=O) groups excluding carboxylic acids is 2. The number of halogens is 4. The third kappa shape index (κ3) is 9.26. The summed E-state index contributed by atoms with van der Waals surface area (Å²) in [7, 11) is 0. The van der Waals surface area contributed by atoms with Gasteiger partial charge in [-0.05, 0) is 93.2 Å². The molecule has 1 amide bonds. The van der Waals surface area contributed by atoms with E-state index in [4.69, 9.17) is 37.4 Å². The number of amides is 1. The first-order valence-electron chi connectivity index (χ1n) is 16.5. The van der Waals surface area contributed by atoms with Gasteiger partial charge in [0.25, 0.3) is 0 Å². The summed E-state index contributed by atoms with van der Waals surface area (Å²) in [6, 6.07) is 13.0. The van der Waals surface area contributed by atoms with Crippen molar-refractivity contribution >= 4 is 52.4 Å². The number of nitrogens with zero attached hydrogens (tertiary/aromatic N) is 4. The minimum atomic E-state index is -3.07. The second kappa shape index (κ2) is 16.5. The van der Waals surface area contributed by atoms with Crippen molar-refractivity contribution in [3.8, 4) is 11.5 Å². The van der Waals surface area contributed by atoms with Crippen molar-refractivity contribution in [2.45, 2.75) is 64.6 Å². The fourth-order valence-electron chi connectivity index (χ4n) is 6.22. The SMILES string of the molecule is CC(C)Oc1cc([C@H](Cc2c(Cl)cncc2Cl)OC(=O)c2ccc(CN(C(=O)O[C@H]3CN4CCC3CC4)c3ccccn3)s2)ccc1OC(F)F. The quantitative estimate of drug-likeness (QED) is 0.124. The number of pyridine rings is 2. The molecule has 2 bridgehead atoms. The van der Waals surface area contributed by atoms with Crippen LogP contribution in [0.5, 0.6) is 11.5 Å². The molecule has 7 rings (SSSR count). The highest BCUT2D eigenvalue weighted by atomic mass is 35.5. The Hall–Kier alpha value is -4.04. The summed E-state index contributed by atoms with van der Waals surface area (Å²) in [5.41, 5.74) is 0.905. The van der Waals surface area contributed by atoms with Crippen LogP contribution in [0.2, 0.25) is 10.0 Å². The lowest BCUT2D eigenvalue weighted by molar-refractivity contribution is -0.0519. The number of rotatable bonds is 13. The molecule has 0 aliphatic carbocycles. The van der Waals surface area contributed by atoms with Crippen molar-refractivity contribution in [3.63, 3.8) is 0 Å². The molecule has 3 fully saturated rings. The van der Waals surface area contributed by atoms with Crippen LogP contribution in [0.1, 0.15) is 58.5 Å². The molecule has 0 radical (unpaired) electrons. The highest BCUT2D eigenvalue weighted by molar-refractivity contribution is 7.14. The van der Waals surface area contributed by atoms with E-state index in [0.29, 0.717) is 34.3 Å². The molecule has 3 aromatic heterocycles. The van der Waals surface area contributed by atoms with E-state index in [2.05, 4.69) is 19.6 Å². The van der Waals surface area contributed by atoms with Crippen molar-refractivity contribution < 1.29 is 37.3 Å². The molecule has 0 N–H and O–H groups in total. The molecule has 15 heteroatoms. The molecule has 6 heterocycles. The molecule has 10 nitrogen and oxygen atoms in total. The maximum Gasteiger partial charge on any atom is 0.416 e. The summed E-state index contributed by atoms with van der Waals surface area (Å²) in [6.45, 7) is 3.28. The normalized spacial score (nSPS) is 18.8. The first-order valence-corrected chi connectivity index (χ1v) is 18.1. The lowest BCUT2D eigenvalue weighted by atomic mass is 9.86. The monoisotopic (exact) mass is 760 g/mol. The van der Waals surface area contributed by atoms with Crippen molar-refractivity contribution in [2.75, 3.05) is 24.5 Å². The van der Waals surface area contributed by atoms with Crippen molar-refractivity contribution in [3.05, 3.63) is 98.0 Å². The predicted octanol–water partition coefficient (Wildman–Crippen LogP) is 8.61. The average molecular weight is 762 g/mol. The molecule has 2 atom stereocenters. The molecule has 3 aliphatic heterocycles. The van der Waals surface area contributed by atoms with Crippen LogP contribution in [0.15, 0.2) is 67.1 Å². The fourth-order valence-corrected chi connectivity index (χ4v) is 7.61. The molecule has 3 aliphatic rings. The first kappa shape index (κ1) is 36.7. The Balaban J connectivity index is 1.24. The Bertz CT molecular complexity index is 1810. The van der Waals surface area contributed by atoms with Gasteiger partial charge in [0.2, 0.25) is 0 Å². The zero-order valence-electron chi connectivity index (χ0n) is 27.8. The lowest BCUT2D eigenvalue weighted by Gasteiger charge is -2.44. The lowest BCUT2D eigenvalue weighted by Crippen LogP contribution is -2.53. The highest BCUT2D eigenvalue weighted by Gasteiger charge is 2.38. The van der Waals surface area contributed by atoms with Crippen LogP contribution in [0, 0.1) is 5.92 Å². The summed E-state index contributed by atoms with van der Waals surface area (Å²) in [5.74, 6) is -0.0189. The van der Waals surface area contributed by atoms with E-state index in [1.807, 2.05) is 0 Å². The van der Waals surface area contributed by atoms with E-state index in [-0.39, 0.29) is 51.6 Å². The maximum atomic E-state index is 13.7. The summed E-state index contributed by atoms with van der Waals surface area (Å²) in [5, 5.41) is 0.524. The molecule has 0 saturated carbocycles. The van der Waals surface area contributed by atoms with Gasteiger partial charge in [0, 0.05) is 36.4 Å². The Morgan fingerprint density at radius 1 is 1.02 bits per heavy atom. The van der Waals surface area contributed by atoms with E-state index in [1.54, 1.807) is 50.4 Å². The predicted molar refractivity (Wildman–Crippen MR) is 189 cm³/mol.